The maximum absolute atomic E-state index is 13.5. The van der Waals surface area contributed by atoms with Crippen molar-refractivity contribution in [3.05, 3.63) is 65.1 Å². The van der Waals surface area contributed by atoms with Crippen LogP contribution in [0, 0.1) is 5.82 Å². The molecule has 0 spiro atoms. The third kappa shape index (κ3) is 3.99. The van der Waals surface area contributed by atoms with Crippen LogP contribution >= 0.6 is 0 Å². The highest BCUT2D eigenvalue weighted by Crippen LogP contribution is 2.28. The summed E-state index contributed by atoms with van der Waals surface area (Å²) in [5.41, 5.74) is 4.60. The van der Waals surface area contributed by atoms with Crippen LogP contribution in [0.5, 0.6) is 5.75 Å². The Hall–Kier alpha value is -2.37. The van der Waals surface area contributed by atoms with Crippen molar-refractivity contribution in [3.8, 4) is 5.75 Å². The largest absolute Gasteiger partial charge is 0.492 e. The Kier molecular flexibility index (Phi) is 5.41. The Bertz CT molecular complexity index is 922. The summed E-state index contributed by atoms with van der Waals surface area (Å²) < 4.78 is 24.7. The maximum Gasteiger partial charge on any atom is 0.123 e. The molecular formula is C22H25FN2O2. The van der Waals surface area contributed by atoms with Gasteiger partial charge in [0, 0.05) is 35.8 Å². The van der Waals surface area contributed by atoms with E-state index in [1.165, 1.54) is 22.8 Å². The molecule has 0 aliphatic carbocycles. The zero-order valence-electron chi connectivity index (χ0n) is 15.6. The van der Waals surface area contributed by atoms with Crippen LogP contribution in [0.15, 0.2) is 42.6 Å². The number of halogens is 1. The summed E-state index contributed by atoms with van der Waals surface area (Å²) in [5.74, 6) is 0.787. The lowest BCUT2D eigenvalue weighted by atomic mass is 9.97. The van der Waals surface area contributed by atoms with Crippen LogP contribution in [-0.2, 0) is 24.2 Å². The first-order valence-corrected chi connectivity index (χ1v) is 9.46. The minimum absolute atomic E-state index is 0.189. The number of rotatable bonds is 7. The highest BCUT2D eigenvalue weighted by Gasteiger charge is 2.21. The number of hydrogen-bond donors (Lipinski definition) is 2. The molecule has 1 atom stereocenters. The average molecular weight is 368 g/mol. The summed E-state index contributed by atoms with van der Waals surface area (Å²) >= 11 is 0. The van der Waals surface area contributed by atoms with E-state index in [-0.39, 0.29) is 5.82 Å². The third-order valence-corrected chi connectivity index (χ3v) is 5.21. The Morgan fingerprint density at radius 1 is 1.26 bits per heavy atom. The summed E-state index contributed by atoms with van der Waals surface area (Å²) in [6.45, 7) is 2.19. The van der Waals surface area contributed by atoms with Crippen molar-refractivity contribution in [3.63, 3.8) is 0 Å². The molecule has 0 radical (unpaired) electrons. The fourth-order valence-electron chi connectivity index (χ4n) is 3.84. The fraction of sp³-hybridized carbons (Fsp3) is 0.364. The molecule has 1 unspecified atom stereocenters. The maximum atomic E-state index is 13.5. The van der Waals surface area contributed by atoms with Gasteiger partial charge in [0.2, 0.25) is 0 Å². The van der Waals surface area contributed by atoms with Gasteiger partial charge in [-0.25, -0.2) is 4.39 Å². The summed E-state index contributed by atoms with van der Waals surface area (Å²) in [5, 5.41) is 4.58. The molecule has 0 amide bonds. The van der Waals surface area contributed by atoms with Crippen molar-refractivity contribution < 1.29 is 13.9 Å². The number of methoxy groups -OCH3 is 1. The molecule has 5 heteroatoms. The first kappa shape index (κ1) is 18.0. The SMILES string of the molecule is COCc1cccc2c1CC(NCCCc1c[nH]c3ccc(F)cc13)CO2. The fourth-order valence-corrected chi connectivity index (χ4v) is 3.84. The molecule has 1 aliphatic heterocycles. The molecule has 0 fully saturated rings. The molecule has 4 nitrogen and oxygen atoms in total. The van der Waals surface area contributed by atoms with Crippen molar-refractivity contribution in [2.24, 2.45) is 0 Å². The summed E-state index contributed by atoms with van der Waals surface area (Å²) in [6.07, 6.45) is 4.84. The summed E-state index contributed by atoms with van der Waals surface area (Å²) in [7, 11) is 1.72. The van der Waals surface area contributed by atoms with E-state index < -0.39 is 0 Å². The van der Waals surface area contributed by atoms with Crippen LogP contribution in [0.2, 0.25) is 0 Å². The molecule has 142 valence electrons. The predicted octanol–water partition coefficient (Wildman–Crippen LogP) is 3.98. The molecule has 1 aliphatic rings. The number of H-pyrrole nitrogens is 1. The van der Waals surface area contributed by atoms with Gasteiger partial charge in [-0.1, -0.05) is 12.1 Å². The van der Waals surface area contributed by atoms with E-state index in [0.29, 0.717) is 19.3 Å². The van der Waals surface area contributed by atoms with Crippen LogP contribution < -0.4 is 10.1 Å². The van der Waals surface area contributed by atoms with Gasteiger partial charge in [0.1, 0.15) is 18.2 Å². The van der Waals surface area contributed by atoms with Crippen molar-refractivity contribution in [1.29, 1.82) is 0 Å². The highest BCUT2D eigenvalue weighted by molar-refractivity contribution is 5.83. The predicted molar refractivity (Wildman–Crippen MR) is 105 cm³/mol. The second-order valence-corrected chi connectivity index (χ2v) is 7.10. The van der Waals surface area contributed by atoms with Crippen molar-refractivity contribution >= 4 is 10.9 Å². The van der Waals surface area contributed by atoms with Gasteiger partial charge in [-0.2, -0.15) is 0 Å². The first-order valence-electron chi connectivity index (χ1n) is 9.46. The second kappa shape index (κ2) is 8.11. The number of fused-ring (bicyclic) bond motifs is 2. The molecule has 4 rings (SSSR count). The molecular weight excluding hydrogens is 343 g/mol. The molecule has 2 aromatic carbocycles. The lowest BCUT2D eigenvalue weighted by Crippen LogP contribution is -2.40. The van der Waals surface area contributed by atoms with Crippen molar-refractivity contribution in [2.75, 3.05) is 20.3 Å². The third-order valence-electron chi connectivity index (χ3n) is 5.21. The molecule has 0 bridgehead atoms. The van der Waals surface area contributed by atoms with Gasteiger partial charge < -0.3 is 19.8 Å². The number of hydrogen-bond acceptors (Lipinski definition) is 3. The van der Waals surface area contributed by atoms with E-state index in [2.05, 4.69) is 16.4 Å². The van der Waals surface area contributed by atoms with Crippen LogP contribution in [0.3, 0.4) is 0 Å². The van der Waals surface area contributed by atoms with E-state index in [1.54, 1.807) is 19.2 Å². The van der Waals surface area contributed by atoms with Gasteiger partial charge in [-0.15, -0.1) is 0 Å². The van der Waals surface area contributed by atoms with Crippen LogP contribution in [0.4, 0.5) is 4.39 Å². The lowest BCUT2D eigenvalue weighted by molar-refractivity contribution is 0.180. The standard InChI is InChI=1S/C22H25FN2O2/c1-26-13-16-4-2-6-22-20(16)11-18(14-27-22)24-9-3-5-15-12-25-21-8-7-17(23)10-19(15)21/h2,4,6-8,10,12,18,24-25H,3,5,9,11,13-14H2,1H3. The van der Waals surface area contributed by atoms with Gasteiger partial charge in [-0.05, 0) is 61.2 Å². The van der Waals surface area contributed by atoms with E-state index in [9.17, 15) is 4.39 Å². The topological polar surface area (TPSA) is 46.3 Å². The van der Waals surface area contributed by atoms with Crippen molar-refractivity contribution in [2.45, 2.75) is 31.9 Å². The lowest BCUT2D eigenvalue weighted by Gasteiger charge is -2.28. The van der Waals surface area contributed by atoms with Crippen LogP contribution in [-0.4, -0.2) is 31.3 Å². The Morgan fingerprint density at radius 3 is 3.07 bits per heavy atom. The van der Waals surface area contributed by atoms with E-state index >= 15 is 0 Å². The van der Waals surface area contributed by atoms with E-state index in [0.717, 1.165) is 42.5 Å². The van der Waals surface area contributed by atoms with Crippen LogP contribution in [0.1, 0.15) is 23.1 Å². The molecule has 0 saturated carbocycles. The van der Waals surface area contributed by atoms with Crippen LogP contribution in [0.25, 0.3) is 10.9 Å². The minimum Gasteiger partial charge on any atom is -0.492 e. The Morgan fingerprint density at radius 2 is 2.19 bits per heavy atom. The monoisotopic (exact) mass is 368 g/mol. The number of ether oxygens (including phenoxy) is 2. The number of aromatic nitrogens is 1. The molecule has 3 aromatic rings. The van der Waals surface area contributed by atoms with E-state index in [1.807, 2.05) is 18.3 Å². The number of aromatic amines is 1. The van der Waals surface area contributed by atoms with Gasteiger partial charge in [-0.3, -0.25) is 0 Å². The molecule has 2 heterocycles. The van der Waals surface area contributed by atoms with Gasteiger partial charge in [0.25, 0.3) is 0 Å². The van der Waals surface area contributed by atoms with Gasteiger partial charge in [0.05, 0.1) is 6.61 Å². The molecule has 0 saturated heterocycles. The summed E-state index contributed by atoms with van der Waals surface area (Å²) in [6, 6.07) is 11.3. The highest BCUT2D eigenvalue weighted by atomic mass is 19.1. The Labute approximate surface area is 158 Å². The smallest absolute Gasteiger partial charge is 0.123 e. The van der Waals surface area contributed by atoms with Gasteiger partial charge in [0.15, 0.2) is 0 Å². The molecule has 27 heavy (non-hydrogen) atoms. The number of nitrogens with one attached hydrogen (secondary N) is 2. The Balaban J connectivity index is 1.32. The number of aryl methyl sites for hydroxylation is 1. The number of benzene rings is 2. The zero-order chi connectivity index (χ0) is 18.6. The van der Waals surface area contributed by atoms with E-state index in [4.69, 9.17) is 9.47 Å². The van der Waals surface area contributed by atoms with Crippen molar-refractivity contribution in [1.82, 2.24) is 10.3 Å². The minimum atomic E-state index is -0.189. The quantitative estimate of drug-likeness (QED) is 0.620. The zero-order valence-corrected chi connectivity index (χ0v) is 15.6. The van der Waals surface area contributed by atoms with Gasteiger partial charge >= 0.3 is 0 Å². The second-order valence-electron chi connectivity index (χ2n) is 7.10. The first-order chi connectivity index (χ1) is 13.2. The molecule has 1 aromatic heterocycles. The summed E-state index contributed by atoms with van der Waals surface area (Å²) in [4.78, 5) is 3.22. The normalized spacial score (nSPS) is 16.3. The molecule has 2 N–H and O–H groups in total. The average Bonchev–Trinajstić information content (AvgIpc) is 3.08.